The third-order valence-electron chi connectivity index (χ3n) is 3.80. The molecule has 3 aliphatic rings. The number of allylic oxidation sites excluding steroid dienone is 5. The van der Waals surface area contributed by atoms with E-state index in [1.165, 1.54) is 17.5 Å². The SMILES string of the molecule is C/C=C/N1C(=O)CSC1=NC1=CC=C(N2CCOCC2)CC=C1. The zero-order valence-corrected chi connectivity index (χ0v) is 14.1. The fraction of sp³-hybridized carbons (Fsp3) is 0.412. The monoisotopic (exact) mass is 331 g/mol. The van der Waals surface area contributed by atoms with Crippen LogP contribution in [0.1, 0.15) is 13.3 Å². The average Bonchev–Trinajstić information content (AvgIpc) is 2.78. The number of carbonyl (C=O) groups is 1. The van der Waals surface area contributed by atoms with E-state index in [0.717, 1.165) is 43.6 Å². The van der Waals surface area contributed by atoms with E-state index in [-0.39, 0.29) is 5.91 Å². The molecular weight excluding hydrogens is 310 g/mol. The number of thioether (sulfide) groups is 1. The topological polar surface area (TPSA) is 45.1 Å². The fourth-order valence-corrected chi connectivity index (χ4v) is 3.49. The van der Waals surface area contributed by atoms with Crippen molar-refractivity contribution in [3.63, 3.8) is 0 Å². The minimum Gasteiger partial charge on any atom is -0.378 e. The first-order chi connectivity index (χ1) is 11.3. The molecular formula is C17H21N3O2S. The van der Waals surface area contributed by atoms with E-state index in [1.54, 1.807) is 11.1 Å². The summed E-state index contributed by atoms with van der Waals surface area (Å²) in [6.07, 6.45) is 12.8. The van der Waals surface area contributed by atoms with E-state index < -0.39 is 0 Å². The number of ether oxygens (including phenoxy) is 1. The first kappa shape index (κ1) is 16.1. The smallest absolute Gasteiger partial charge is 0.243 e. The molecule has 5 nitrogen and oxygen atoms in total. The number of hydrogen-bond donors (Lipinski definition) is 0. The highest BCUT2D eigenvalue weighted by Gasteiger charge is 2.26. The fourth-order valence-electron chi connectivity index (χ4n) is 2.63. The van der Waals surface area contributed by atoms with E-state index in [1.807, 2.05) is 25.2 Å². The van der Waals surface area contributed by atoms with Crippen molar-refractivity contribution in [3.8, 4) is 0 Å². The molecule has 2 heterocycles. The molecule has 6 heteroatoms. The number of aliphatic imine (C=N–C) groups is 1. The summed E-state index contributed by atoms with van der Waals surface area (Å²) in [5, 5.41) is 0.743. The van der Waals surface area contributed by atoms with Crippen molar-refractivity contribution in [1.29, 1.82) is 0 Å². The van der Waals surface area contributed by atoms with Gasteiger partial charge in [-0.05, 0) is 25.2 Å². The lowest BCUT2D eigenvalue weighted by molar-refractivity contribution is -0.122. The van der Waals surface area contributed by atoms with Gasteiger partial charge in [0, 0.05) is 31.4 Å². The van der Waals surface area contributed by atoms with Crippen molar-refractivity contribution < 1.29 is 9.53 Å². The van der Waals surface area contributed by atoms with E-state index in [0.29, 0.717) is 5.75 Å². The Bertz CT molecular complexity index is 613. The van der Waals surface area contributed by atoms with Crippen LogP contribution in [-0.4, -0.2) is 52.9 Å². The second kappa shape index (κ2) is 7.66. The first-order valence-electron chi connectivity index (χ1n) is 7.84. The second-order valence-electron chi connectivity index (χ2n) is 5.38. The summed E-state index contributed by atoms with van der Waals surface area (Å²) in [5.41, 5.74) is 2.17. The van der Waals surface area contributed by atoms with Crippen LogP contribution in [0.2, 0.25) is 0 Å². The zero-order chi connectivity index (χ0) is 16.1. The summed E-state index contributed by atoms with van der Waals surface area (Å²) in [4.78, 5) is 20.5. The van der Waals surface area contributed by atoms with Crippen molar-refractivity contribution in [2.45, 2.75) is 13.3 Å². The molecule has 1 amide bonds. The molecule has 0 saturated carbocycles. The number of amidine groups is 1. The van der Waals surface area contributed by atoms with Gasteiger partial charge < -0.3 is 9.64 Å². The molecule has 23 heavy (non-hydrogen) atoms. The van der Waals surface area contributed by atoms with Gasteiger partial charge in [-0.1, -0.05) is 23.9 Å². The maximum atomic E-state index is 11.8. The van der Waals surface area contributed by atoms with Gasteiger partial charge in [-0.25, -0.2) is 4.99 Å². The highest BCUT2D eigenvalue weighted by atomic mass is 32.2. The maximum Gasteiger partial charge on any atom is 0.243 e. The lowest BCUT2D eigenvalue weighted by Crippen LogP contribution is -2.35. The summed E-state index contributed by atoms with van der Waals surface area (Å²) in [6, 6.07) is 0. The summed E-state index contributed by atoms with van der Waals surface area (Å²) in [5.74, 6) is 0.532. The van der Waals surface area contributed by atoms with Crippen LogP contribution in [0.3, 0.4) is 0 Å². The van der Waals surface area contributed by atoms with Gasteiger partial charge in [0.05, 0.1) is 24.7 Å². The van der Waals surface area contributed by atoms with Gasteiger partial charge in [0.1, 0.15) is 0 Å². The number of amides is 1. The van der Waals surface area contributed by atoms with Crippen molar-refractivity contribution in [2.75, 3.05) is 32.1 Å². The van der Waals surface area contributed by atoms with Crippen molar-refractivity contribution in [1.82, 2.24) is 9.80 Å². The Balaban J connectivity index is 1.77. The molecule has 2 aliphatic heterocycles. The van der Waals surface area contributed by atoms with Crippen LogP contribution in [0, 0.1) is 0 Å². The largest absolute Gasteiger partial charge is 0.378 e. The quantitative estimate of drug-likeness (QED) is 0.797. The summed E-state index contributed by atoms with van der Waals surface area (Å²) in [7, 11) is 0. The second-order valence-corrected chi connectivity index (χ2v) is 6.33. The van der Waals surface area contributed by atoms with Crippen LogP contribution in [0.15, 0.2) is 53.0 Å². The van der Waals surface area contributed by atoms with Gasteiger partial charge in [-0.2, -0.15) is 0 Å². The lowest BCUT2D eigenvalue weighted by Gasteiger charge is -2.30. The Labute approximate surface area is 141 Å². The molecule has 0 unspecified atom stereocenters. The summed E-state index contributed by atoms with van der Waals surface area (Å²) in [6.45, 7) is 5.36. The van der Waals surface area contributed by atoms with E-state index >= 15 is 0 Å². The molecule has 0 bridgehead atoms. The zero-order valence-electron chi connectivity index (χ0n) is 13.3. The minimum atomic E-state index is 0.0783. The van der Waals surface area contributed by atoms with Gasteiger partial charge >= 0.3 is 0 Å². The van der Waals surface area contributed by atoms with Crippen molar-refractivity contribution in [2.24, 2.45) is 4.99 Å². The molecule has 2 fully saturated rings. The standard InChI is InChI=1S/C17H21N3O2S/c1-2-8-20-16(21)13-23-17(20)18-14-4-3-5-15(7-6-14)19-9-11-22-12-10-19/h2-4,6-8H,5,9-13H2,1H3/b8-2+,18-17?. The van der Waals surface area contributed by atoms with Crippen LogP contribution >= 0.6 is 11.8 Å². The molecule has 1 aliphatic carbocycles. The Hall–Kier alpha value is -1.79. The van der Waals surface area contributed by atoms with Crippen LogP contribution in [0.4, 0.5) is 0 Å². The molecule has 0 radical (unpaired) electrons. The van der Waals surface area contributed by atoms with Crippen molar-refractivity contribution >= 4 is 22.8 Å². The predicted molar refractivity (Wildman–Crippen MR) is 93.9 cm³/mol. The number of rotatable bonds is 3. The first-order valence-corrected chi connectivity index (χ1v) is 8.83. The molecule has 3 rings (SSSR count). The van der Waals surface area contributed by atoms with Crippen LogP contribution in [-0.2, 0) is 9.53 Å². The number of hydrogen-bond acceptors (Lipinski definition) is 5. The van der Waals surface area contributed by atoms with Crippen LogP contribution in [0.5, 0.6) is 0 Å². The minimum absolute atomic E-state index is 0.0783. The van der Waals surface area contributed by atoms with Crippen molar-refractivity contribution in [3.05, 3.63) is 48.0 Å². The Morgan fingerprint density at radius 1 is 1.30 bits per heavy atom. The molecule has 0 aromatic rings. The molecule has 0 aromatic carbocycles. The van der Waals surface area contributed by atoms with Gasteiger partial charge in [0.15, 0.2) is 5.17 Å². The summed E-state index contributed by atoms with van der Waals surface area (Å²) < 4.78 is 5.41. The maximum absolute atomic E-state index is 11.8. The number of carbonyl (C=O) groups excluding carboxylic acids is 1. The number of nitrogens with zero attached hydrogens (tertiary/aromatic N) is 3. The highest BCUT2D eigenvalue weighted by molar-refractivity contribution is 8.15. The third kappa shape index (κ3) is 3.95. The summed E-state index contributed by atoms with van der Waals surface area (Å²) >= 11 is 1.48. The third-order valence-corrected chi connectivity index (χ3v) is 4.74. The van der Waals surface area contributed by atoms with Gasteiger partial charge in [-0.15, -0.1) is 0 Å². The Morgan fingerprint density at radius 2 is 2.13 bits per heavy atom. The molecule has 0 aromatic heterocycles. The Kier molecular flexibility index (Phi) is 5.35. The average molecular weight is 331 g/mol. The Morgan fingerprint density at radius 3 is 2.91 bits per heavy atom. The molecule has 2 saturated heterocycles. The van der Waals surface area contributed by atoms with Crippen LogP contribution in [0.25, 0.3) is 0 Å². The van der Waals surface area contributed by atoms with E-state index in [4.69, 9.17) is 4.74 Å². The molecule has 0 N–H and O–H groups in total. The lowest BCUT2D eigenvalue weighted by atomic mass is 10.2. The highest BCUT2D eigenvalue weighted by Crippen LogP contribution is 2.23. The molecule has 122 valence electrons. The number of morpholine rings is 1. The van der Waals surface area contributed by atoms with E-state index in [9.17, 15) is 4.79 Å². The van der Waals surface area contributed by atoms with Gasteiger partial charge in [0.25, 0.3) is 0 Å². The van der Waals surface area contributed by atoms with Gasteiger partial charge in [0.2, 0.25) is 5.91 Å². The molecule has 0 spiro atoms. The molecule has 0 atom stereocenters. The van der Waals surface area contributed by atoms with E-state index in [2.05, 4.69) is 22.0 Å². The predicted octanol–water partition coefficient (Wildman–Crippen LogP) is 2.51. The van der Waals surface area contributed by atoms with Crippen LogP contribution < -0.4 is 0 Å². The van der Waals surface area contributed by atoms with Gasteiger partial charge in [-0.3, -0.25) is 9.69 Å². The normalized spacial score (nSPS) is 24.4.